The van der Waals surface area contributed by atoms with Crippen molar-refractivity contribution < 1.29 is 9.18 Å². The van der Waals surface area contributed by atoms with Crippen LogP contribution in [0.4, 0.5) is 4.39 Å². The molecule has 1 aromatic heterocycles. The second kappa shape index (κ2) is 2.88. The molecule has 0 fully saturated rings. The van der Waals surface area contributed by atoms with Crippen molar-refractivity contribution >= 4 is 22.2 Å². The van der Waals surface area contributed by atoms with E-state index in [0.717, 1.165) is 6.07 Å². The standard InChI is InChI=1S/C6H3BrFNO/c7-6-1-5(8)4(3-10)2-9-6/h1-3H. The summed E-state index contributed by atoms with van der Waals surface area (Å²) in [5, 5.41) is 0. The van der Waals surface area contributed by atoms with Gasteiger partial charge in [-0.05, 0) is 15.9 Å². The molecule has 0 aliphatic heterocycles. The second-order valence-electron chi connectivity index (χ2n) is 1.65. The van der Waals surface area contributed by atoms with Gasteiger partial charge in [0.1, 0.15) is 10.4 Å². The molecule has 0 amide bonds. The van der Waals surface area contributed by atoms with Crippen LogP contribution in [0.1, 0.15) is 10.4 Å². The maximum absolute atomic E-state index is 12.5. The SMILES string of the molecule is O=Cc1cnc(Br)cc1F. The first-order valence-corrected chi connectivity index (χ1v) is 3.29. The normalized spacial score (nSPS) is 9.40. The van der Waals surface area contributed by atoms with Gasteiger partial charge in [-0.1, -0.05) is 0 Å². The number of pyridine rings is 1. The molecule has 0 N–H and O–H groups in total. The van der Waals surface area contributed by atoms with Gasteiger partial charge < -0.3 is 0 Å². The van der Waals surface area contributed by atoms with Crippen LogP contribution < -0.4 is 0 Å². The van der Waals surface area contributed by atoms with E-state index in [2.05, 4.69) is 20.9 Å². The lowest BCUT2D eigenvalue weighted by atomic mass is 10.3. The van der Waals surface area contributed by atoms with Crippen LogP contribution in [0.15, 0.2) is 16.9 Å². The van der Waals surface area contributed by atoms with Gasteiger partial charge in [0.2, 0.25) is 0 Å². The molecular weight excluding hydrogens is 201 g/mol. The van der Waals surface area contributed by atoms with E-state index in [0.29, 0.717) is 10.9 Å². The minimum Gasteiger partial charge on any atom is -0.298 e. The number of nitrogens with zero attached hydrogens (tertiary/aromatic N) is 1. The molecule has 4 heteroatoms. The molecule has 0 spiro atoms. The zero-order valence-electron chi connectivity index (χ0n) is 4.84. The highest BCUT2D eigenvalue weighted by Gasteiger charge is 2.00. The van der Waals surface area contributed by atoms with Gasteiger partial charge in [-0.15, -0.1) is 0 Å². The van der Waals surface area contributed by atoms with Gasteiger partial charge >= 0.3 is 0 Å². The van der Waals surface area contributed by atoms with Crippen molar-refractivity contribution in [1.82, 2.24) is 4.98 Å². The van der Waals surface area contributed by atoms with Gasteiger partial charge in [-0.2, -0.15) is 0 Å². The van der Waals surface area contributed by atoms with E-state index in [4.69, 9.17) is 0 Å². The summed E-state index contributed by atoms with van der Waals surface area (Å²) < 4.78 is 12.9. The van der Waals surface area contributed by atoms with Crippen molar-refractivity contribution in [3.63, 3.8) is 0 Å². The van der Waals surface area contributed by atoms with Crippen LogP contribution in [0.25, 0.3) is 0 Å². The highest BCUT2D eigenvalue weighted by Crippen LogP contribution is 2.09. The smallest absolute Gasteiger partial charge is 0.154 e. The van der Waals surface area contributed by atoms with Gasteiger partial charge in [0.15, 0.2) is 6.29 Å². The molecule has 0 bridgehead atoms. The number of hydrogen-bond acceptors (Lipinski definition) is 2. The second-order valence-corrected chi connectivity index (χ2v) is 2.46. The zero-order chi connectivity index (χ0) is 7.56. The summed E-state index contributed by atoms with van der Waals surface area (Å²) in [5.74, 6) is -0.558. The Morgan fingerprint density at radius 2 is 2.40 bits per heavy atom. The Hall–Kier alpha value is -0.770. The molecule has 10 heavy (non-hydrogen) atoms. The summed E-state index contributed by atoms with van der Waals surface area (Å²) in [4.78, 5) is 13.7. The lowest BCUT2D eigenvalue weighted by Crippen LogP contribution is -1.88. The quantitative estimate of drug-likeness (QED) is 0.515. The monoisotopic (exact) mass is 203 g/mol. The summed E-state index contributed by atoms with van der Waals surface area (Å²) in [7, 11) is 0. The van der Waals surface area contributed by atoms with E-state index >= 15 is 0 Å². The first-order chi connectivity index (χ1) is 4.74. The fraction of sp³-hybridized carbons (Fsp3) is 0. The van der Waals surface area contributed by atoms with Crippen LogP contribution in [0, 0.1) is 5.82 Å². The molecule has 0 aliphatic carbocycles. The first kappa shape index (κ1) is 7.34. The topological polar surface area (TPSA) is 30.0 Å². The van der Waals surface area contributed by atoms with Gasteiger partial charge in [0.05, 0.1) is 5.56 Å². The van der Waals surface area contributed by atoms with Crippen molar-refractivity contribution in [2.75, 3.05) is 0 Å². The minimum absolute atomic E-state index is 0.0248. The van der Waals surface area contributed by atoms with Crippen molar-refractivity contribution in [3.05, 3.63) is 28.2 Å². The molecule has 0 radical (unpaired) electrons. The van der Waals surface area contributed by atoms with Gasteiger partial charge in [-0.3, -0.25) is 4.79 Å². The number of hydrogen-bond donors (Lipinski definition) is 0. The number of carbonyl (C=O) groups excluding carboxylic acids is 1. The average molecular weight is 204 g/mol. The number of rotatable bonds is 1. The van der Waals surface area contributed by atoms with Crippen LogP contribution in [0.3, 0.4) is 0 Å². The molecule has 0 saturated heterocycles. The van der Waals surface area contributed by atoms with E-state index in [1.165, 1.54) is 6.20 Å². The van der Waals surface area contributed by atoms with Gasteiger partial charge in [0.25, 0.3) is 0 Å². The highest BCUT2D eigenvalue weighted by atomic mass is 79.9. The Bertz CT molecular complexity index is 264. The minimum atomic E-state index is -0.558. The lowest BCUT2D eigenvalue weighted by molar-refractivity contribution is 0.111. The summed E-state index contributed by atoms with van der Waals surface area (Å²) >= 11 is 2.96. The van der Waals surface area contributed by atoms with Crippen LogP contribution in [-0.2, 0) is 0 Å². The summed E-state index contributed by atoms with van der Waals surface area (Å²) in [5.41, 5.74) is -0.0248. The molecule has 2 nitrogen and oxygen atoms in total. The van der Waals surface area contributed by atoms with Gasteiger partial charge in [-0.25, -0.2) is 9.37 Å². The van der Waals surface area contributed by atoms with E-state index in [1.54, 1.807) is 0 Å². The van der Waals surface area contributed by atoms with Crippen LogP contribution in [-0.4, -0.2) is 11.3 Å². The molecule has 0 aliphatic rings. The van der Waals surface area contributed by atoms with Crippen molar-refractivity contribution in [2.24, 2.45) is 0 Å². The maximum atomic E-state index is 12.5. The third-order valence-electron chi connectivity index (χ3n) is 0.976. The zero-order valence-corrected chi connectivity index (χ0v) is 6.43. The average Bonchev–Trinajstić information content (AvgIpc) is 1.88. The highest BCUT2D eigenvalue weighted by molar-refractivity contribution is 9.10. The number of carbonyl (C=O) groups is 1. The summed E-state index contributed by atoms with van der Waals surface area (Å²) in [6.45, 7) is 0. The van der Waals surface area contributed by atoms with E-state index in [9.17, 15) is 9.18 Å². The molecule has 0 unspecified atom stereocenters. The molecule has 52 valence electrons. The lowest BCUT2D eigenvalue weighted by Gasteiger charge is -1.91. The van der Waals surface area contributed by atoms with E-state index in [-0.39, 0.29) is 5.56 Å². The summed E-state index contributed by atoms with van der Waals surface area (Å²) in [6, 6.07) is 1.14. The predicted octanol–water partition coefficient (Wildman–Crippen LogP) is 1.80. The van der Waals surface area contributed by atoms with Crippen molar-refractivity contribution in [3.8, 4) is 0 Å². The molecule has 0 saturated carbocycles. The van der Waals surface area contributed by atoms with Crippen LogP contribution in [0.2, 0.25) is 0 Å². The Labute approximate surface area is 65.2 Å². The van der Waals surface area contributed by atoms with Crippen molar-refractivity contribution in [2.45, 2.75) is 0 Å². The van der Waals surface area contributed by atoms with Crippen molar-refractivity contribution in [1.29, 1.82) is 0 Å². The third-order valence-corrected chi connectivity index (χ3v) is 1.41. The van der Waals surface area contributed by atoms with E-state index < -0.39 is 5.82 Å². The maximum Gasteiger partial charge on any atom is 0.154 e. The van der Waals surface area contributed by atoms with Gasteiger partial charge in [0, 0.05) is 12.3 Å². The molecule has 1 aromatic rings. The van der Waals surface area contributed by atoms with Crippen LogP contribution >= 0.6 is 15.9 Å². The van der Waals surface area contributed by atoms with E-state index in [1.807, 2.05) is 0 Å². The molecule has 0 atom stereocenters. The van der Waals surface area contributed by atoms with Crippen LogP contribution in [0.5, 0.6) is 0 Å². The Morgan fingerprint density at radius 3 is 2.90 bits per heavy atom. The number of aromatic nitrogens is 1. The predicted molar refractivity (Wildman–Crippen MR) is 37.3 cm³/mol. The Kier molecular flexibility index (Phi) is 2.11. The fourth-order valence-electron chi connectivity index (χ4n) is 0.505. The largest absolute Gasteiger partial charge is 0.298 e. The number of aldehydes is 1. The molecule has 1 rings (SSSR count). The summed E-state index contributed by atoms with van der Waals surface area (Å²) in [6.07, 6.45) is 1.60. The Balaban J connectivity index is 3.19. The number of halogens is 2. The molecule has 0 aromatic carbocycles. The first-order valence-electron chi connectivity index (χ1n) is 2.50. The molecular formula is C6H3BrFNO. The Morgan fingerprint density at radius 1 is 1.70 bits per heavy atom. The molecule has 1 heterocycles. The third kappa shape index (κ3) is 1.39. The fourth-order valence-corrected chi connectivity index (χ4v) is 0.808.